The molecule has 0 saturated carbocycles. The molecule has 0 atom stereocenters. The van der Waals surface area contributed by atoms with E-state index in [-0.39, 0.29) is 18.1 Å². The third-order valence-electron chi connectivity index (χ3n) is 4.85. The Bertz CT molecular complexity index is 1100. The summed E-state index contributed by atoms with van der Waals surface area (Å²) < 4.78 is 10.7. The first kappa shape index (κ1) is 19.0. The van der Waals surface area contributed by atoms with Crippen LogP contribution in [0.3, 0.4) is 0 Å². The molecular formula is C22H21N3O3S. The van der Waals surface area contributed by atoms with E-state index in [1.807, 2.05) is 42.6 Å². The molecule has 1 aromatic heterocycles. The van der Waals surface area contributed by atoms with Gasteiger partial charge in [-0.1, -0.05) is 29.8 Å². The molecule has 0 radical (unpaired) electrons. The van der Waals surface area contributed by atoms with Crippen molar-refractivity contribution in [1.82, 2.24) is 4.98 Å². The molecule has 7 heteroatoms. The van der Waals surface area contributed by atoms with Gasteiger partial charge in [-0.2, -0.15) is 0 Å². The lowest BCUT2D eigenvalue weighted by Crippen LogP contribution is -2.26. The maximum absolute atomic E-state index is 10.6. The van der Waals surface area contributed by atoms with E-state index in [1.54, 1.807) is 31.3 Å². The van der Waals surface area contributed by atoms with Crippen LogP contribution in [-0.2, 0) is 0 Å². The number of benzene rings is 2. The summed E-state index contributed by atoms with van der Waals surface area (Å²) in [6.45, 7) is 2.23. The summed E-state index contributed by atoms with van der Waals surface area (Å²) in [5.41, 5.74) is 4.17. The lowest BCUT2D eigenvalue weighted by Gasteiger charge is -2.21. The second kappa shape index (κ2) is 7.60. The number of hydrogen-bond acceptors (Lipinski definition) is 6. The number of nitrogens with one attached hydrogen (secondary N) is 1. The summed E-state index contributed by atoms with van der Waals surface area (Å²) in [5.74, 6) is 1.55. The second-order valence-corrected chi connectivity index (χ2v) is 7.56. The van der Waals surface area contributed by atoms with Crippen molar-refractivity contribution in [2.45, 2.75) is 6.92 Å². The summed E-state index contributed by atoms with van der Waals surface area (Å²) in [5, 5.41) is 21.9. The molecule has 0 bridgehead atoms. The lowest BCUT2D eigenvalue weighted by atomic mass is 10.1. The highest BCUT2D eigenvalue weighted by molar-refractivity contribution is 7.11. The highest BCUT2D eigenvalue weighted by Gasteiger charge is 2.32. The third-order valence-corrected chi connectivity index (χ3v) is 5.71. The van der Waals surface area contributed by atoms with Crippen molar-refractivity contribution in [3.63, 3.8) is 0 Å². The van der Waals surface area contributed by atoms with Gasteiger partial charge in [0.1, 0.15) is 28.1 Å². The van der Waals surface area contributed by atoms with E-state index in [9.17, 15) is 5.11 Å². The van der Waals surface area contributed by atoms with E-state index in [0.717, 1.165) is 11.3 Å². The normalized spacial score (nSPS) is 13.9. The van der Waals surface area contributed by atoms with Gasteiger partial charge in [0.2, 0.25) is 0 Å². The van der Waals surface area contributed by atoms with Crippen LogP contribution in [0.4, 0.5) is 5.69 Å². The van der Waals surface area contributed by atoms with Crippen LogP contribution in [0.15, 0.2) is 53.6 Å². The summed E-state index contributed by atoms with van der Waals surface area (Å²) in [6.07, 6.45) is 0. The second-order valence-electron chi connectivity index (χ2n) is 6.70. The Kier molecular flexibility index (Phi) is 4.98. The SMILES string of the molecule is COc1ccc(N2CC(O)=C(c3nc(-c4ccc(C)cc4)cs3)C2=N)c(OC)c1. The number of aryl methyl sites for hydroxylation is 1. The molecular weight excluding hydrogens is 386 g/mol. The molecule has 0 amide bonds. The monoisotopic (exact) mass is 407 g/mol. The van der Waals surface area contributed by atoms with E-state index in [4.69, 9.17) is 14.9 Å². The van der Waals surface area contributed by atoms with Gasteiger partial charge >= 0.3 is 0 Å². The van der Waals surface area contributed by atoms with Crippen molar-refractivity contribution in [3.05, 3.63) is 64.2 Å². The first-order valence-electron chi connectivity index (χ1n) is 9.05. The Morgan fingerprint density at radius 1 is 1.10 bits per heavy atom. The topological polar surface area (TPSA) is 78.7 Å². The number of amidine groups is 1. The number of anilines is 1. The van der Waals surface area contributed by atoms with E-state index >= 15 is 0 Å². The summed E-state index contributed by atoms with van der Waals surface area (Å²) in [7, 11) is 3.16. The fourth-order valence-electron chi connectivity index (χ4n) is 3.26. The van der Waals surface area contributed by atoms with Gasteiger partial charge in [0, 0.05) is 17.0 Å². The molecule has 4 rings (SSSR count). The average molecular weight is 407 g/mol. The molecule has 0 fully saturated rings. The van der Waals surface area contributed by atoms with Crippen LogP contribution >= 0.6 is 11.3 Å². The van der Waals surface area contributed by atoms with Crippen LogP contribution in [0.5, 0.6) is 11.5 Å². The molecule has 0 unspecified atom stereocenters. The third kappa shape index (κ3) is 3.45. The molecule has 2 heterocycles. The zero-order chi connectivity index (χ0) is 20.5. The lowest BCUT2D eigenvalue weighted by molar-refractivity contribution is 0.393. The molecule has 2 N–H and O–H groups in total. The fourth-order valence-corrected chi connectivity index (χ4v) is 4.16. The van der Waals surface area contributed by atoms with E-state index in [1.165, 1.54) is 16.9 Å². The first-order valence-corrected chi connectivity index (χ1v) is 9.93. The molecule has 148 valence electrons. The zero-order valence-electron chi connectivity index (χ0n) is 16.4. The molecule has 0 spiro atoms. The summed E-state index contributed by atoms with van der Waals surface area (Å²) in [4.78, 5) is 6.38. The van der Waals surface area contributed by atoms with Gasteiger partial charge in [-0.05, 0) is 19.1 Å². The molecule has 2 aromatic carbocycles. The number of methoxy groups -OCH3 is 2. The van der Waals surface area contributed by atoms with Crippen molar-refractivity contribution in [2.24, 2.45) is 0 Å². The predicted octanol–water partition coefficient (Wildman–Crippen LogP) is 4.90. The Hall–Kier alpha value is -3.32. The number of ether oxygens (including phenoxy) is 2. The van der Waals surface area contributed by atoms with Crippen LogP contribution < -0.4 is 14.4 Å². The molecule has 6 nitrogen and oxygen atoms in total. The molecule has 1 aliphatic heterocycles. The van der Waals surface area contributed by atoms with E-state index < -0.39 is 0 Å². The molecule has 29 heavy (non-hydrogen) atoms. The van der Waals surface area contributed by atoms with Crippen LogP contribution in [0, 0.1) is 12.3 Å². The Morgan fingerprint density at radius 2 is 1.86 bits per heavy atom. The van der Waals surface area contributed by atoms with Gasteiger partial charge in [-0.25, -0.2) is 4.98 Å². The Morgan fingerprint density at radius 3 is 2.55 bits per heavy atom. The van der Waals surface area contributed by atoms with Gasteiger partial charge < -0.3 is 19.5 Å². The standard InChI is InChI=1S/C22H21N3O3S/c1-13-4-6-14(7-5-13)16-12-29-22(24-16)20-18(26)11-25(21(20)23)17-9-8-15(27-2)10-19(17)28-3/h4-10,12,23,26H,11H2,1-3H3. The summed E-state index contributed by atoms with van der Waals surface area (Å²) >= 11 is 1.42. The minimum absolute atomic E-state index is 0.123. The number of rotatable bonds is 5. The number of aliphatic hydroxyl groups excluding tert-OH is 1. The largest absolute Gasteiger partial charge is 0.510 e. The minimum atomic E-state index is 0.123. The minimum Gasteiger partial charge on any atom is -0.510 e. The van der Waals surface area contributed by atoms with Gasteiger partial charge in [0.05, 0.1) is 37.7 Å². The van der Waals surface area contributed by atoms with Crippen LogP contribution in [0.2, 0.25) is 0 Å². The number of hydrogen-bond donors (Lipinski definition) is 2. The summed E-state index contributed by atoms with van der Waals surface area (Å²) in [6, 6.07) is 13.5. The maximum Gasteiger partial charge on any atom is 0.146 e. The van der Waals surface area contributed by atoms with E-state index in [2.05, 4.69) is 4.98 Å². The van der Waals surface area contributed by atoms with Gasteiger partial charge in [-0.3, -0.25) is 5.41 Å². The number of nitrogens with zero attached hydrogens (tertiary/aromatic N) is 2. The zero-order valence-corrected chi connectivity index (χ0v) is 17.2. The van der Waals surface area contributed by atoms with Gasteiger partial charge in [-0.15, -0.1) is 11.3 Å². The Balaban J connectivity index is 1.65. The Labute approximate surface area is 173 Å². The number of thiazole rings is 1. The van der Waals surface area contributed by atoms with Crippen LogP contribution in [0.25, 0.3) is 16.8 Å². The predicted molar refractivity (Wildman–Crippen MR) is 116 cm³/mol. The van der Waals surface area contributed by atoms with Crippen molar-refractivity contribution in [2.75, 3.05) is 25.7 Å². The van der Waals surface area contributed by atoms with Crippen molar-refractivity contribution < 1.29 is 14.6 Å². The van der Waals surface area contributed by atoms with Crippen LogP contribution in [-0.4, -0.2) is 36.7 Å². The number of aromatic nitrogens is 1. The van der Waals surface area contributed by atoms with Gasteiger partial charge in [0.15, 0.2) is 0 Å². The molecule has 3 aromatic rings. The van der Waals surface area contributed by atoms with Crippen LogP contribution in [0.1, 0.15) is 10.6 Å². The highest BCUT2D eigenvalue weighted by Crippen LogP contribution is 2.39. The van der Waals surface area contributed by atoms with Gasteiger partial charge in [0.25, 0.3) is 0 Å². The van der Waals surface area contributed by atoms with Crippen molar-refractivity contribution in [1.29, 1.82) is 5.41 Å². The maximum atomic E-state index is 10.6. The molecule has 1 aliphatic rings. The average Bonchev–Trinajstić information content (AvgIpc) is 3.32. The first-order chi connectivity index (χ1) is 14.0. The molecule has 0 aliphatic carbocycles. The smallest absolute Gasteiger partial charge is 0.146 e. The van der Waals surface area contributed by atoms with Crippen molar-refractivity contribution in [3.8, 4) is 22.8 Å². The van der Waals surface area contributed by atoms with Crippen molar-refractivity contribution >= 4 is 28.4 Å². The fraction of sp³-hybridized carbons (Fsp3) is 0.182. The van der Waals surface area contributed by atoms with E-state index in [0.29, 0.717) is 27.8 Å². The highest BCUT2D eigenvalue weighted by atomic mass is 32.1. The number of aliphatic hydroxyl groups is 1. The quantitative estimate of drug-likeness (QED) is 0.629. The molecule has 0 saturated heterocycles.